The number of rotatable bonds is 1. The summed E-state index contributed by atoms with van der Waals surface area (Å²) in [7, 11) is 1.67. The molecule has 1 saturated heterocycles. The van der Waals surface area contributed by atoms with E-state index in [9.17, 15) is 0 Å². The Bertz CT molecular complexity index is 738. The highest BCUT2D eigenvalue weighted by Crippen LogP contribution is 2.53. The number of hydrogen-bond donors (Lipinski definition) is 0. The lowest BCUT2D eigenvalue weighted by atomic mass is 9.84. The van der Waals surface area contributed by atoms with Gasteiger partial charge in [0.25, 0.3) is 0 Å². The number of ether oxygens (including phenoxy) is 2. The van der Waals surface area contributed by atoms with Gasteiger partial charge in [0.1, 0.15) is 5.75 Å². The topological polar surface area (TPSA) is 18.5 Å². The van der Waals surface area contributed by atoms with Crippen molar-refractivity contribution in [3.05, 3.63) is 65.2 Å². The molecule has 2 aromatic rings. The molecule has 0 N–H and O–H groups in total. The van der Waals surface area contributed by atoms with Crippen molar-refractivity contribution in [3.8, 4) is 17.6 Å². The molecule has 2 heteroatoms. The number of benzene rings is 2. The van der Waals surface area contributed by atoms with Crippen LogP contribution in [0.15, 0.2) is 48.5 Å². The minimum Gasteiger partial charge on any atom is -0.497 e. The lowest BCUT2D eigenvalue weighted by Gasteiger charge is -2.16. The van der Waals surface area contributed by atoms with E-state index >= 15 is 0 Å². The number of methoxy groups -OCH3 is 1. The van der Waals surface area contributed by atoms with Crippen molar-refractivity contribution in [2.45, 2.75) is 18.6 Å². The molecule has 2 heterocycles. The van der Waals surface area contributed by atoms with Crippen molar-refractivity contribution in [1.29, 1.82) is 0 Å². The molecular formula is C19H16O2. The quantitative estimate of drug-likeness (QED) is 0.736. The van der Waals surface area contributed by atoms with E-state index in [1.54, 1.807) is 7.11 Å². The highest BCUT2D eigenvalue weighted by atomic mass is 16.5. The first-order chi connectivity index (χ1) is 10.3. The van der Waals surface area contributed by atoms with E-state index in [4.69, 9.17) is 9.47 Å². The van der Waals surface area contributed by atoms with Crippen molar-refractivity contribution < 1.29 is 9.47 Å². The van der Waals surface area contributed by atoms with E-state index in [0.717, 1.165) is 17.7 Å². The van der Waals surface area contributed by atoms with Crippen LogP contribution in [0, 0.1) is 17.8 Å². The van der Waals surface area contributed by atoms with E-state index < -0.39 is 0 Å². The van der Waals surface area contributed by atoms with Crippen LogP contribution in [-0.2, 0) is 4.74 Å². The molecule has 0 amide bonds. The third-order valence-corrected chi connectivity index (χ3v) is 4.27. The molecular weight excluding hydrogens is 260 g/mol. The zero-order chi connectivity index (χ0) is 14.2. The fraction of sp³-hybridized carbons (Fsp3) is 0.263. The van der Waals surface area contributed by atoms with Crippen LogP contribution in [0.2, 0.25) is 0 Å². The first-order valence-electron chi connectivity index (χ1n) is 7.25. The predicted octanol–water partition coefficient (Wildman–Crippen LogP) is 3.88. The summed E-state index contributed by atoms with van der Waals surface area (Å²) in [6.07, 6.45) is 1.37. The zero-order valence-electron chi connectivity index (χ0n) is 11.9. The van der Waals surface area contributed by atoms with Crippen LogP contribution in [0.1, 0.15) is 35.3 Å². The Balaban J connectivity index is 1.59. The molecule has 2 aromatic carbocycles. The second-order valence-electron chi connectivity index (χ2n) is 5.52. The van der Waals surface area contributed by atoms with E-state index in [-0.39, 0.29) is 18.1 Å². The number of fused-ring (bicyclic) bond motifs is 5. The smallest absolute Gasteiger partial charge is 0.120 e. The molecule has 1 fully saturated rings. The monoisotopic (exact) mass is 276 g/mol. The molecule has 3 unspecified atom stereocenters. The van der Waals surface area contributed by atoms with Crippen LogP contribution in [0.4, 0.5) is 0 Å². The van der Waals surface area contributed by atoms with Gasteiger partial charge in [-0.05, 0) is 35.7 Å². The zero-order valence-corrected chi connectivity index (χ0v) is 11.9. The maximum Gasteiger partial charge on any atom is 0.120 e. The molecule has 0 aromatic heterocycles. The summed E-state index contributed by atoms with van der Waals surface area (Å²) in [6, 6.07) is 16.4. The third kappa shape index (κ3) is 2.11. The van der Waals surface area contributed by atoms with Gasteiger partial charge in [-0.1, -0.05) is 42.2 Å². The lowest BCUT2D eigenvalue weighted by molar-refractivity contribution is 0.0657. The van der Waals surface area contributed by atoms with Crippen LogP contribution in [0.25, 0.3) is 0 Å². The van der Waals surface area contributed by atoms with Gasteiger partial charge < -0.3 is 9.47 Å². The summed E-state index contributed by atoms with van der Waals surface area (Å²) in [5.74, 6) is 7.79. The van der Waals surface area contributed by atoms with Gasteiger partial charge in [-0.3, -0.25) is 0 Å². The Morgan fingerprint density at radius 2 is 1.95 bits per heavy atom. The molecule has 104 valence electrons. The van der Waals surface area contributed by atoms with E-state index in [2.05, 4.69) is 36.1 Å². The molecule has 2 aliphatic heterocycles. The fourth-order valence-electron chi connectivity index (χ4n) is 3.25. The first kappa shape index (κ1) is 12.5. The summed E-state index contributed by atoms with van der Waals surface area (Å²) in [4.78, 5) is 0. The van der Waals surface area contributed by atoms with E-state index in [1.165, 1.54) is 11.1 Å². The van der Waals surface area contributed by atoms with Crippen LogP contribution in [0.3, 0.4) is 0 Å². The largest absolute Gasteiger partial charge is 0.497 e. The van der Waals surface area contributed by atoms with Crippen molar-refractivity contribution in [2.24, 2.45) is 5.92 Å². The first-order valence-corrected chi connectivity index (χ1v) is 7.25. The summed E-state index contributed by atoms with van der Waals surface area (Å²) in [6.45, 7) is 0. The third-order valence-electron chi connectivity index (χ3n) is 4.27. The molecule has 0 saturated carbocycles. The molecule has 3 atom stereocenters. The molecule has 0 spiro atoms. The normalized spacial score (nSPS) is 25.1. The molecule has 2 nitrogen and oxygen atoms in total. The molecule has 2 bridgehead atoms. The van der Waals surface area contributed by atoms with Gasteiger partial charge in [-0.2, -0.15) is 0 Å². The van der Waals surface area contributed by atoms with Gasteiger partial charge in [0.2, 0.25) is 0 Å². The molecule has 0 radical (unpaired) electrons. The van der Waals surface area contributed by atoms with Crippen LogP contribution in [0.5, 0.6) is 5.75 Å². The van der Waals surface area contributed by atoms with E-state index in [1.807, 2.05) is 24.3 Å². The van der Waals surface area contributed by atoms with Crippen molar-refractivity contribution in [1.82, 2.24) is 0 Å². The summed E-state index contributed by atoms with van der Waals surface area (Å²) < 4.78 is 11.3. The maximum absolute atomic E-state index is 6.06. The van der Waals surface area contributed by atoms with Gasteiger partial charge in [-0.25, -0.2) is 0 Å². The SMILES string of the molecule is COc1cccc(C#CC2CC3OC2c2ccccc23)c1. The van der Waals surface area contributed by atoms with Gasteiger partial charge >= 0.3 is 0 Å². The van der Waals surface area contributed by atoms with E-state index in [0.29, 0.717) is 0 Å². The predicted molar refractivity (Wildman–Crippen MR) is 81.0 cm³/mol. The van der Waals surface area contributed by atoms with Crippen molar-refractivity contribution in [3.63, 3.8) is 0 Å². The minimum absolute atomic E-state index is 0.143. The second kappa shape index (κ2) is 4.95. The standard InChI is InChI=1S/C19H16O2/c1-20-15-6-4-5-13(11-15)9-10-14-12-18-16-7-2-3-8-17(16)19(14)21-18/h2-8,11,14,18-19H,12H2,1H3. The highest BCUT2D eigenvalue weighted by Gasteiger charge is 2.44. The lowest BCUT2D eigenvalue weighted by Crippen LogP contribution is -2.08. The van der Waals surface area contributed by atoms with Crippen molar-refractivity contribution >= 4 is 0 Å². The number of hydrogen-bond acceptors (Lipinski definition) is 2. The Morgan fingerprint density at radius 3 is 2.81 bits per heavy atom. The second-order valence-corrected chi connectivity index (χ2v) is 5.52. The minimum atomic E-state index is 0.143. The van der Waals surface area contributed by atoms with Crippen LogP contribution >= 0.6 is 0 Å². The van der Waals surface area contributed by atoms with Gasteiger partial charge in [0.05, 0.1) is 25.2 Å². The molecule has 21 heavy (non-hydrogen) atoms. The van der Waals surface area contributed by atoms with Gasteiger partial charge in [0, 0.05) is 5.56 Å². The Kier molecular flexibility index (Phi) is 2.94. The average Bonchev–Trinajstić information content (AvgIpc) is 3.12. The summed E-state index contributed by atoms with van der Waals surface area (Å²) >= 11 is 0. The summed E-state index contributed by atoms with van der Waals surface area (Å²) in [5.41, 5.74) is 3.66. The van der Waals surface area contributed by atoms with Crippen LogP contribution in [-0.4, -0.2) is 7.11 Å². The van der Waals surface area contributed by atoms with Gasteiger partial charge in [-0.15, -0.1) is 0 Å². The van der Waals surface area contributed by atoms with Gasteiger partial charge in [0.15, 0.2) is 0 Å². The fourth-order valence-corrected chi connectivity index (χ4v) is 3.25. The molecule has 0 aliphatic carbocycles. The summed E-state index contributed by atoms with van der Waals surface area (Å²) in [5, 5.41) is 0. The Morgan fingerprint density at radius 1 is 1.10 bits per heavy atom. The molecule has 4 rings (SSSR count). The maximum atomic E-state index is 6.06. The average molecular weight is 276 g/mol. The Labute approximate surface area is 124 Å². The Hall–Kier alpha value is -2.24. The van der Waals surface area contributed by atoms with Crippen molar-refractivity contribution in [2.75, 3.05) is 7.11 Å². The molecule has 2 aliphatic rings. The van der Waals surface area contributed by atoms with Crippen LogP contribution < -0.4 is 4.74 Å². The highest BCUT2D eigenvalue weighted by molar-refractivity contribution is 5.43.